The van der Waals surface area contributed by atoms with Crippen molar-refractivity contribution in [3.63, 3.8) is 0 Å². The van der Waals surface area contributed by atoms with Crippen molar-refractivity contribution in [1.29, 1.82) is 0 Å². The third kappa shape index (κ3) is 4.37. The van der Waals surface area contributed by atoms with E-state index < -0.39 is 0 Å². The van der Waals surface area contributed by atoms with Crippen molar-refractivity contribution in [3.8, 4) is 11.3 Å². The van der Waals surface area contributed by atoms with Crippen LogP contribution >= 0.6 is 0 Å². The molecule has 1 aromatic carbocycles. The number of nitrogens with two attached hydrogens (primary N) is 1. The van der Waals surface area contributed by atoms with Crippen molar-refractivity contribution < 1.29 is 0 Å². The predicted octanol–water partition coefficient (Wildman–Crippen LogP) is 3.13. The van der Waals surface area contributed by atoms with Gasteiger partial charge >= 0.3 is 0 Å². The summed E-state index contributed by atoms with van der Waals surface area (Å²) in [5.41, 5.74) is 9.43. The van der Waals surface area contributed by atoms with E-state index in [-0.39, 0.29) is 6.04 Å². The molecule has 2 aromatic heterocycles. The standard InChI is InChI=1S/C19H20N4/c20-17(12-15-6-2-1-3-7-15)14-23-19-13-16(9-11-22-19)18-8-4-5-10-21-18/h1-11,13,17H,12,14,20H2,(H,22,23). The highest BCUT2D eigenvalue weighted by Crippen LogP contribution is 2.18. The molecule has 3 rings (SSSR count). The summed E-state index contributed by atoms with van der Waals surface area (Å²) < 4.78 is 0. The van der Waals surface area contributed by atoms with Gasteiger partial charge in [-0.2, -0.15) is 0 Å². The van der Waals surface area contributed by atoms with Crippen LogP contribution in [0.3, 0.4) is 0 Å². The summed E-state index contributed by atoms with van der Waals surface area (Å²) in [6, 6.07) is 20.1. The van der Waals surface area contributed by atoms with Gasteiger partial charge in [0.15, 0.2) is 0 Å². The third-order valence-corrected chi connectivity index (χ3v) is 3.61. The minimum Gasteiger partial charge on any atom is -0.368 e. The highest BCUT2D eigenvalue weighted by atomic mass is 15.0. The maximum Gasteiger partial charge on any atom is 0.126 e. The van der Waals surface area contributed by atoms with E-state index in [0.717, 1.165) is 23.5 Å². The van der Waals surface area contributed by atoms with Crippen LogP contribution in [0.4, 0.5) is 5.82 Å². The van der Waals surface area contributed by atoms with Gasteiger partial charge in [-0.1, -0.05) is 36.4 Å². The number of nitrogens with one attached hydrogen (secondary N) is 1. The van der Waals surface area contributed by atoms with Crippen LogP contribution < -0.4 is 11.1 Å². The Kier molecular flexibility index (Phi) is 4.96. The summed E-state index contributed by atoms with van der Waals surface area (Å²) in [5.74, 6) is 0.816. The van der Waals surface area contributed by atoms with Gasteiger partial charge < -0.3 is 11.1 Å². The number of hydrogen-bond acceptors (Lipinski definition) is 4. The quantitative estimate of drug-likeness (QED) is 0.734. The van der Waals surface area contributed by atoms with Crippen LogP contribution in [-0.2, 0) is 6.42 Å². The van der Waals surface area contributed by atoms with Crippen molar-refractivity contribution in [1.82, 2.24) is 9.97 Å². The van der Waals surface area contributed by atoms with E-state index in [0.29, 0.717) is 6.54 Å². The Labute approximate surface area is 136 Å². The average molecular weight is 304 g/mol. The number of benzene rings is 1. The largest absolute Gasteiger partial charge is 0.368 e. The van der Waals surface area contributed by atoms with Gasteiger partial charge in [0.1, 0.15) is 5.82 Å². The maximum atomic E-state index is 6.20. The molecule has 4 heteroatoms. The first kappa shape index (κ1) is 15.2. The van der Waals surface area contributed by atoms with Gasteiger partial charge in [0.2, 0.25) is 0 Å². The van der Waals surface area contributed by atoms with Crippen molar-refractivity contribution in [2.24, 2.45) is 5.73 Å². The second kappa shape index (κ2) is 7.51. The Hall–Kier alpha value is -2.72. The van der Waals surface area contributed by atoms with Gasteiger partial charge in [-0.3, -0.25) is 4.98 Å². The Bertz CT molecular complexity index is 729. The van der Waals surface area contributed by atoms with Crippen LogP contribution in [-0.4, -0.2) is 22.6 Å². The normalized spacial score (nSPS) is 11.9. The van der Waals surface area contributed by atoms with Crippen molar-refractivity contribution in [2.45, 2.75) is 12.5 Å². The smallest absolute Gasteiger partial charge is 0.126 e. The van der Waals surface area contributed by atoms with Crippen LogP contribution in [0.25, 0.3) is 11.3 Å². The molecule has 0 fully saturated rings. The molecule has 4 nitrogen and oxygen atoms in total. The summed E-state index contributed by atoms with van der Waals surface area (Å²) in [7, 11) is 0. The Balaban J connectivity index is 1.60. The zero-order valence-corrected chi connectivity index (χ0v) is 12.9. The van der Waals surface area contributed by atoms with Gasteiger partial charge in [-0.05, 0) is 36.2 Å². The van der Waals surface area contributed by atoms with E-state index in [1.54, 1.807) is 12.4 Å². The number of nitrogens with zero attached hydrogens (tertiary/aromatic N) is 2. The molecule has 0 aliphatic heterocycles. The van der Waals surface area contributed by atoms with E-state index in [9.17, 15) is 0 Å². The molecule has 1 unspecified atom stereocenters. The SMILES string of the molecule is NC(CNc1cc(-c2ccccn2)ccn1)Cc1ccccc1. The lowest BCUT2D eigenvalue weighted by molar-refractivity contribution is 0.698. The van der Waals surface area contributed by atoms with E-state index in [1.807, 2.05) is 48.5 Å². The van der Waals surface area contributed by atoms with Crippen LogP contribution in [0.15, 0.2) is 73.1 Å². The molecule has 23 heavy (non-hydrogen) atoms. The minimum atomic E-state index is 0.0395. The van der Waals surface area contributed by atoms with Crippen LogP contribution in [0.1, 0.15) is 5.56 Å². The highest BCUT2D eigenvalue weighted by molar-refractivity contribution is 5.62. The van der Waals surface area contributed by atoms with Gasteiger partial charge in [0, 0.05) is 30.5 Å². The van der Waals surface area contributed by atoms with Crippen molar-refractivity contribution in [3.05, 3.63) is 78.6 Å². The van der Waals surface area contributed by atoms with Gasteiger partial charge in [-0.25, -0.2) is 4.98 Å². The second-order valence-corrected chi connectivity index (χ2v) is 5.48. The molecule has 0 saturated heterocycles. The topological polar surface area (TPSA) is 63.8 Å². The number of hydrogen-bond donors (Lipinski definition) is 2. The van der Waals surface area contributed by atoms with Crippen molar-refractivity contribution >= 4 is 5.82 Å². The number of rotatable bonds is 6. The molecule has 0 radical (unpaired) electrons. The van der Waals surface area contributed by atoms with Crippen molar-refractivity contribution in [2.75, 3.05) is 11.9 Å². The monoisotopic (exact) mass is 304 g/mol. The first-order valence-corrected chi connectivity index (χ1v) is 7.72. The molecule has 2 heterocycles. The van der Waals surface area contributed by atoms with E-state index in [2.05, 4.69) is 27.4 Å². The lowest BCUT2D eigenvalue weighted by Gasteiger charge is -2.13. The molecule has 0 bridgehead atoms. The fourth-order valence-corrected chi connectivity index (χ4v) is 2.44. The minimum absolute atomic E-state index is 0.0395. The predicted molar refractivity (Wildman–Crippen MR) is 94.1 cm³/mol. The van der Waals surface area contributed by atoms with Crippen LogP contribution in [0, 0.1) is 0 Å². The maximum absolute atomic E-state index is 6.20. The fraction of sp³-hybridized carbons (Fsp3) is 0.158. The summed E-state index contributed by atoms with van der Waals surface area (Å²) in [6.07, 6.45) is 4.42. The summed E-state index contributed by atoms with van der Waals surface area (Å²) in [5, 5.41) is 3.31. The number of pyridine rings is 2. The zero-order chi connectivity index (χ0) is 15.9. The van der Waals surface area contributed by atoms with E-state index in [4.69, 9.17) is 5.73 Å². The average Bonchev–Trinajstić information content (AvgIpc) is 2.62. The van der Waals surface area contributed by atoms with Crippen LogP contribution in [0.5, 0.6) is 0 Å². The Morgan fingerprint density at radius 3 is 2.52 bits per heavy atom. The zero-order valence-electron chi connectivity index (χ0n) is 12.9. The molecule has 3 aromatic rings. The molecule has 0 aliphatic carbocycles. The lowest BCUT2D eigenvalue weighted by Crippen LogP contribution is -2.31. The first-order chi connectivity index (χ1) is 11.3. The summed E-state index contributed by atoms with van der Waals surface area (Å²) in [6.45, 7) is 0.674. The molecule has 0 spiro atoms. The Morgan fingerprint density at radius 2 is 1.74 bits per heavy atom. The first-order valence-electron chi connectivity index (χ1n) is 7.72. The Morgan fingerprint density at radius 1 is 0.913 bits per heavy atom. The van der Waals surface area contributed by atoms with E-state index >= 15 is 0 Å². The molecule has 0 aliphatic rings. The molecule has 0 amide bonds. The number of aromatic nitrogens is 2. The fourth-order valence-electron chi connectivity index (χ4n) is 2.44. The van der Waals surface area contributed by atoms with Gasteiger partial charge in [-0.15, -0.1) is 0 Å². The lowest BCUT2D eigenvalue weighted by atomic mass is 10.1. The molecule has 1 atom stereocenters. The molecule has 0 saturated carbocycles. The molecule has 116 valence electrons. The second-order valence-electron chi connectivity index (χ2n) is 5.48. The third-order valence-electron chi connectivity index (χ3n) is 3.61. The summed E-state index contributed by atoms with van der Waals surface area (Å²) >= 11 is 0. The molecular weight excluding hydrogens is 284 g/mol. The van der Waals surface area contributed by atoms with Gasteiger partial charge in [0.05, 0.1) is 5.69 Å². The highest BCUT2D eigenvalue weighted by Gasteiger charge is 2.05. The number of anilines is 1. The summed E-state index contributed by atoms with van der Waals surface area (Å²) in [4.78, 5) is 8.71. The van der Waals surface area contributed by atoms with Crippen LogP contribution in [0.2, 0.25) is 0 Å². The molecule has 3 N–H and O–H groups in total. The van der Waals surface area contributed by atoms with Gasteiger partial charge in [0.25, 0.3) is 0 Å². The van der Waals surface area contributed by atoms with E-state index in [1.165, 1.54) is 5.56 Å². The molecular formula is C19H20N4.